The molecule has 8 heteroatoms. The molecule has 0 saturated heterocycles. The first-order valence-electron chi connectivity index (χ1n) is 8.51. The van der Waals surface area contributed by atoms with Gasteiger partial charge in [-0.15, -0.1) is 5.10 Å². The summed E-state index contributed by atoms with van der Waals surface area (Å²) in [6.07, 6.45) is 2.17. The molecule has 1 aliphatic carbocycles. The van der Waals surface area contributed by atoms with Crippen LogP contribution >= 0.6 is 0 Å². The van der Waals surface area contributed by atoms with Crippen molar-refractivity contribution in [2.24, 2.45) is 0 Å². The van der Waals surface area contributed by atoms with Crippen molar-refractivity contribution in [2.75, 3.05) is 5.32 Å². The monoisotopic (exact) mass is 348 g/mol. The van der Waals surface area contributed by atoms with Crippen LogP contribution in [0.2, 0.25) is 0 Å². The van der Waals surface area contributed by atoms with Gasteiger partial charge in [-0.1, -0.05) is 18.2 Å². The van der Waals surface area contributed by atoms with Crippen molar-refractivity contribution >= 4 is 33.7 Å². The summed E-state index contributed by atoms with van der Waals surface area (Å²) in [6, 6.07) is 13.6. The number of urea groups is 1. The highest BCUT2D eigenvalue weighted by atomic mass is 16.3. The maximum atomic E-state index is 12.2. The van der Waals surface area contributed by atoms with Crippen LogP contribution in [0.25, 0.3) is 21.9 Å². The van der Waals surface area contributed by atoms with Gasteiger partial charge in [0.25, 0.3) is 0 Å². The third-order valence-electron chi connectivity index (χ3n) is 4.50. The Kier molecular flexibility index (Phi) is 3.34. The van der Waals surface area contributed by atoms with Crippen molar-refractivity contribution in [2.45, 2.75) is 25.4 Å². The number of benzene rings is 2. The van der Waals surface area contributed by atoms with Crippen LogP contribution in [0.5, 0.6) is 0 Å². The average Bonchev–Trinajstić information content (AvgIpc) is 3.27. The molecular weight excluding hydrogens is 332 g/mol. The number of carbonyl (C=O) groups excluding carboxylic acids is 1. The molecule has 130 valence electrons. The number of rotatable bonds is 4. The highest BCUT2D eigenvalue weighted by molar-refractivity contribution is 6.06. The van der Waals surface area contributed by atoms with Crippen molar-refractivity contribution in [1.82, 2.24) is 25.5 Å². The number of nitrogens with one attached hydrogen (secondary N) is 2. The lowest BCUT2D eigenvalue weighted by atomic mass is 10.1. The summed E-state index contributed by atoms with van der Waals surface area (Å²) >= 11 is 0. The van der Waals surface area contributed by atoms with Crippen LogP contribution in [0.4, 0.5) is 10.5 Å². The molecule has 0 aliphatic heterocycles. The Morgan fingerprint density at radius 1 is 1.15 bits per heavy atom. The molecule has 2 amide bonds. The van der Waals surface area contributed by atoms with Crippen LogP contribution in [-0.4, -0.2) is 26.2 Å². The molecule has 5 rings (SSSR count). The second kappa shape index (κ2) is 5.83. The predicted molar refractivity (Wildman–Crippen MR) is 95.7 cm³/mol. The summed E-state index contributed by atoms with van der Waals surface area (Å²) in [5.74, 6) is 0.662. The van der Waals surface area contributed by atoms with Gasteiger partial charge in [-0.2, -0.15) is 0 Å². The van der Waals surface area contributed by atoms with Gasteiger partial charge in [-0.05, 0) is 41.5 Å². The molecular formula is C18H16N6O2. The van der Waals surface area contributed by atoms with Gasteiger partial charge in [-0.25, -0.2) is 9.48 Å². The van der Waals surface area contributed by atoms with Gasteiger partial charge in [0, 0.05) is 22.5 Å². The molecule has 26 heavy (non-hydrogen) atoms. The fourth-order valence-electron chi connectivity index (χ4n) is 3.07. The zero-order valence-electron chi connectivity index (χ0n) is 13.8. The molecule has 1 saturated carbocycles. The van der Waals surface area contributed by atoms with Crippen LogP contribution in [0.15, 0.2) is 46.9 Å². The molecule has 1 aliphatic rings. The Morgan fingerprint density at radius 2 is 2.00 bits per heavy atom. The van der Waals surface area contributed by atoms with Crippen molar-refractivity contribution in [3.8, 4) is 0 Å². The molecule has 0 atom stereocenters. The Balaban J connectivity index is 1.30. The second-order valence-electron chi connectivity index (χ2n) is 6.39. The normalized spacial score (nSPS) is 14.0. The molecule has 1 fully saturated rings. The first kappa shape index (κ1) is 14.9. The molecule has 2 aromatic heterocycles. The van der Waals surface area contributed by atoms with Crippen LogP contribution in [-0.2, 0) is 6.54 Å². The van der Waals surface area contributed by atoms with Gasteiger partial charge in [0.15, 0.2) is 5.82 Å². The van der Waals surface area contributed by atoms with E-state index in [-0.39, 0.29) is 12.6 Å². The minimum Gasteiger partial charge on any atom is -0.456 e. The number of para-hydroxylation sites is 1. The van der Waals surface area contributed by atoms with E-state index in [2.05, 4.69) is 26.2 Å². The Morgan fingerprint density at radius 3 is 2.88 bits per heavy atom. The molecule has 8 nitrogen and oxygen atoms in total. The van der Waals surface area contributed by atoms with Gasteiger partial charge in [0.1, 0.15) is 11.2 Å². The van der Waals surface area contributed by atoms with Gasteiger partial charge in [-0.3, -0.25) is 0 Å². The molecule has 2 heterocycles. The third-order valence-corrected chi connectivity index (χ3v) is 4.50. The fourth-order valence-corrected chi connectivity index (χ4v) is 3.07. The van der Waals surface area contributed by atoms with E-state index in [1.54, 1.807) is 4.68 Å². The number of hydrogen-bond acceptors (Lipinski definition) is 5. The second-order valence-corrected chi connectivity index (χ2v) is 6.39. The van der Waals surface area contributed by atoms with Crippen LogP contribution in [0.3, 0.4) is 0 Å². The topological polar surface area (TPSA) is 97.9 Å². The maximum Gasteiger partial charge on any atom is 0.319 e. The summed E-state index contributed by atoms with van der Waals surface area (Å²) < 4.78 is 7.62. The lowest BCUT2D eigenvalue weighted by Gasteiger charge is -2.07. The molecule has 4 aromatic rings. The number of furan rings is 1. The van der Waals surface area contributed by atoms with Gasteiger partial charge in [0.05, 0.1) is 12.6 Å². The van der Waals surface area contributed by atoms with E-state index in [4.69, 9.17) is 4.42 Å². The number of amides is 2. The van der Waals surface area contributed by atoms with Gasteiger partial charge >= 0.3 is 6.03 Å². The van der Waals surface area contributed by atoms with E-state index in [1.165, 1.54) is 0 Å². The summed E-state index contributed by atoms with van der Waals surface area (Å²) in [6.45, 7) is 0.280. The number of hydrogen-bond donors (Lipinski definition) is 2. The minimum absolute atomic E-state index is 0.280. The zero-order valence-corrected chi connectivity index (χ0v) is 13.8. The van der Waals surface area contributed by atoms with Crippen LogP contribution < -0.4 is 10.6 Å². The lowest BCUT2D eigenvalue weighted by molar-refractivity contribution is 0.251. The smallest absolute Gasteiger partial charge is 0.319 e. The van der Waals surface area contributed by atoms with E-state index < -0.39 is 0 Å². The summed E-state index contributed by atoms with van der Waals surface area (Å²) in [5, 5.41) is 19.3. The highest BCUT2D eigenvalue weighted by Crippen LogP contribution is 2.34. The average molecular weight is 348 g/mol. The van der Waals surface area contributed by atoms with E-state index in [0.717, 1.165) is 34.8 Å². The number of anilines is 1. The number of tetrazole rings is 1. The first-order chi connectivity index (χ1) is 12.8. The molecule has 0 radical (unpaired) electrons. The first-order valence-corrected chi connectivity index (χ1v) is 8.51. The molecule has 2 aromatic carbocycles. The van der Waals surface area contributed by atoms with Gasteiger partial charge < -0.3 is 15.1 Å². The summed E-state index contributed by atoms with van der Waals surface area (Å²) in [7, 11) is 0. The minimum atomic E-state index is -0.314. The number of carbonyl (C=O) groups is 1. The Labute approximate surface area is 148 Å². The van der Waals surface area contributed by atoms with Crippen LogP contribution in [0, 0.1) is 0 Å². The number of fused-ring (bicyclic) bond motifs is 3. The molecule has 2 N–H and O–H groups in total. The zero-order chi connectivity index (χ0) is 17.5. The van der Waals surface area contributed by atoms with Crippen molar-refractivity contribution < 1.29 is 9.21 Å². The molecule has 0 unspecified atom stereocenters. The standard InChI is InChI=1S/C18H16N6O2/c25-18(19-10-17-21-22-23-24(17)12-6-7-12)20-11-5-8-14-13-3-1-2-4-15(13)26-16(14)9-11/h1-5,8-9,12H,6-7,10H2,(H2,19,20,25). The Hall–Kier alpha value is -3.42. The summed E-state index contributed by atoms with van der Waals surface area (Å²) in [4.78, 5) is 12.2. The SMILES string of the molecule is O=C(NCc1nnnn1C1CC1)Nc1ccc2c(c1)oc1ccccc12. The quantitative estimate of drug-likeness (QED) is 0.590. The van der Waals surface area contributed by atoms with Crippen molar-refractivity contribution in [3.63, 3.8) is 0 Å². The van der Waals surface area contributed by atoms with E-state index in [0.29, 0.717) is 17.6 Å². The summed E-state index contributed by atoms with van der Waals surface area (Å²) in [5.41, 5.74) is 2.23. The van der Waals surface area contributed by atoms with Crippen molar-refractivity contribution in [1.29, 1.82) is 0 Å². The molecule has 0 spiro atoms. The lowest BCUT2D eigenvalue weighted by Crippen LogP contribution is -2.29. The van der Waals surface area contributed by atoms with E-state index >= 15 is 0 Å². The third kappa shape index (κ3) is 2.65. The highest BCUT2D eigenvalue weighted by Gasteiger charge is 2.27. The predicted octanol–water partition coefficient (Wildman–Crippen LogP) is 3.23. The van der Waals surface area contributed by atoms with Gasteiger partial charge in [0.2, 0.25) is 0 Å². The van der Waals surface area contributed by atoms with Crippen LogP contribution in [0.1, 0.15) is 24.7 Å². The Bertz CT molecular complexity index is 1110. The van der Waals surface area contributed by atoms with E-state index in [9.17, 15) is 4.79 Å². The number of aromatic nitrogens is 4. The fraction of sp³-hybridized carbons (Fsp3) is 0.222. The van der Waals surface area contributed by atoms with E-state index in [1.807, 2.05) is 42.5 Å². The maximum absolute atomic E-state index is 12.2. The molecule has 0 bridgehead atoms. The number of nitrogens with zero attached hydrogens (tertiary/aromatic N) is 4. The van der Waals surface area contributed by atoms with Crippen molar-refractivity contribution in [3.05, 3.63) is 48.3 Å². The largest absolute Gasteiger partial charge is 0.456 e.